The summed E-state index contributed by atoms with van der Waals surface area (Å²) in [6.45, 7) is 11.2. The maximum Gasteiger partial charge on any atom is 0.114 e. The first-order valence-corrected chi connectivity index (χ1v) is 8.90. The highest BCUT2D eigenvalue weighted by molar-refractivity contribution is 7.09. The zero-order valence-electron chi connectivity index (χ0n) is 13.1. The third-order valence-corrected chi connectivity index (χ3v) is 5.78. The van der Waals surface area contributed by atoms with Crippen LogP contribution in [-0.2, 0) is 5.54 Å². The highest BCUT2D eigenvalue weighted by Crippen LogP contribution is 2.42. The van der Waals surface area contributed by atoms with Gasteiger partial charge in [-0.2, -0.15) is 0 Å². The molecule has 0 bridgehead atoms. The molecule has 4 heteroatoms. The highest BCUT2D eigenvalue weighted by Gasteiger charge is 2.49. The highest BCUT2D eigenvalue weighted by atomic mass is 32.1. The van der Waals surface area contributed by atoms with Crippen LogP contribution in [0, 0.1) is 0 Å². The number of nitrogens with one attached hydrogen (secondary N) is 1. The molecule has 2 unspecified atom stereocenters. The van der Waals surface area contributed by atoms with Gasteiger partial charge in [0.05, 0.1) is 11.2 Å². The van der Waals surface area contributed by atoms with Crippen molar-refractivity contribution in [3.8, 4) is 0 Å². The van der Waals surface area contributed by atoms with E-state index in [0.29, 0.717) is 12.0 Å². The van der Waals surface area contributed by atoms with Crippen LogP contribution in [0.5, 0.6) is 0 Å². The Balaban J connectivity index is 1.87. The van der Waals surface area contributed by atoms with Gasteiger partial charge in [-0.15, -0.1) is 11.3 Å². The molecule has 20 heavy (non-hydrogen) atoms. The number of likely N-dealkylation sites (N-methyl/N-ethyl adjacent to an activating group) is 1. The molecular formula is C16H27N3S. The third kappa shape index (κ3) is 2.53. The molecule has 3 nitrogen and oxygen atoms in total. The van der Waals surface area contributed by atoms with Crippen LogP contribution >= 0.6 is 11.3 Å². The molecule has 1 N–H and O–H groups in total. The number of rotatable bonds is 5. The molecule has 2 heterocycles. The fourth-order valence-electron chi connectivity index (χ4n) is 3.52. The second-order valence-corrected chi connectivity index (χ2v) is 7.66. The van der Waals surface area contributed by atoms with Gasteiger partial charge >= 0.3 is 0 Å². The maximum absolute atomic E-state index is 4.96. The fourth-order valence-corrected chi connectivity index (χ4v) is 4.68. The number of aromatic nitrogens is 1. The molecule has 0 amide bonds. The lowest BCUT2D eigenvalue weighted by Crippen LogP contribution is -2.45. The van der Waals surface area contributed by atoms with Crippen LogP contribution in [-0.4, -0.2) is 35.1 Å². The van der Waals surface area contributed by atoms with E-state index in [1.165, 1.54) is 30.0 Å². The van der Waals surface area contributed by atoms with Crippen molar-refractivity contribution in [1.29, 1.82) is 0 Å². The van der Waals surface area contributed by atoms with Crippen LogP contribution in [0.15, 0.2) is 5.38 Å². The first-order valence-electron chi connectivity index (χ1n) is 8.02. The summed E-state index contributed by atoms with van der Waals surface area (Å²) < 4.78 is 0. The zero-order valence-corrected chi connectivity index (χ0v) is 14.0. The topological polar surface area (TPSA) is 28.2 Å². The third-order valence-electron chi connectivity index (χ3n) is 4.72. The number of hydrogen-bond donors (Lipinski definition) is 1. The van der Waals surface area contributed by atoms with Gasteiger partial charge in [-0.25, -0.2) is 4.98 Å². The molecule has 2 aliphatic rings. The van der Waals surface area contributed by atoms with Crippen molar-refractivity contribution >= 4 is 11.3 Å². The van der Waals surface area contributed by atoms with Crippen molar-refractivity contribution in [1.82, 2.24) is 15.2 Å². The van der Waals surface area contributed by atoms with Gasteiger partial charge in [0.2, 0.25) is 0 Å². The van der Waals surface area contributed by atoms with Crippen LogP contribution in [0.2, 0.25) is 0 Å². The Kier molecular flexibility index (Phi) is 3.91. The maximum atomic E-state index is 4.96. The second-order valence-electron chi connectivity index (χ2n) is 6.80. The smallest absolute Gasteiger partial charge is 0.114 e. The van der Waals surface area contributed by atoms with E-state index in [2.05, 4.69) is 43.3 Å². The first-order chi connectivity index (χ1) is 9.55. The van der Waals surface area contributed by atoms with Gasteiger partial charge in [0.15, 0.2) is 0 Å². The van der Waals surface area contributed by atoms with Crippen LogP contribution in [0.25, 0.3) is 0 Å². The molecule has 1 saturated carbocycles. The molecule has 0 spiro atoms. The van der Waals surface area contributed by atoms with Gasteiger partial charge < -0.3 is 5.32 Å². The van der Waals surface area contributed by atoms with Gasteiger partial charge in [0.25, 0.3) is 0 Å². The van der Waals surface area contributed by atoms with Crippen LogP contribution in [0.4, 0.5) is 0 Å². The molecule has 112 valence electrons. The van der Waals surface area contributed by atoms with Crippen molar-refractivity contribution in [3.63, 3.8) is 0 Å². The van der Waals surface area contributed by atoms with Crippen molar-refractivity contribution in [2.24, 2.45) is 0 Å². The lowest BCUT2D eigenvalue weighted by atomic mass is 9.97. The molecule has 3 rings (SSSR count). The summed E-state index contributed by atoms with van der Waals surface area (Å²) in [6, 6.07) is 1.52. The van der Waals surface area contributed by atoms with Gasteiger partial charge in [0.1, 0.15) is 5.01 Å². The summed E-state index contributed by atoms with van der Waals surface area (Å²) in [5.74, 6) is 0.525. The van der Waals surface area contributed by atoms with Gasteiger partial charge in [0, 0.05) is 24.0 Å². The summed E-state index contributed by atoms with van der Waals surface area (Å²) in [6.07, 6.45) is 3.98. The van der Waals surface area contributed by atoms with E-state index in [4.69, 9.17) is 4.98 Å². The normalized spacial score (nSPS) is 31.4. The molecule has 1 aliphatic heterocycles. The Morgan fingerprint density at radius 1 is 1.50 bits per heavy atom. The van der Waals surface area contributed by atoms with E-state index in [1.54, 1.807) is 0 Å². The van der Waals surface area contributed by atoms with E-state index in [0.717, 1.165) is 19.1 Å². The Bertz CT molecular complexity index is 466. The molecule has 0 radical (unpaired) electrons. The molecule has 2 fully saturated rings. The van der Waals surface area contributed by atoms with E-state index in [9.17, 15) is 0 Å². The van der Waals surface area contributed by atoms with Crippen LogP contribution < -0.4 is 5.32 Å². The molecule has 0 aromatic carbocycles. The minimum absolute atomic E-state index is 0.0918. The molecule has 1 saturated heterocycles. The first kappa shape index (κ1) is 14.5. The minimum Gasteiger partial charge on any atom is -0.305 e. The monoisotopic (exact) mass is 293 g/mol. The number of nitrogens with zero attached hydrogens (tertiary/aromatic N) is 2. The minimum atomic E-state index is 0.0918. The Morgan fingerprint density at radius 3 is 2.80 bits per heavy atom. The van der Waals surface area contributed by atoms with E-state index in [-0.39, 0.29) is 5.54 Å². The predicted molar refractivity (Wildman–Crippen MR) is 85.4 cm³/mol. The van der Waals surface area contributed by atoms with Gasteiger partial charge in [-0.3, -0.25) is 4.90 Å². The van der Waals surface area contributed by atoms with Gasteiger partial charge in [-0.1, -0.05) is 20.8 Å². The molecule has 1 aromatic rings. The number of hydrogen-bond acceptors (Lipinski definition) is 4. The summed E-state index contributed by atoms with van der Waals surface area (Å²) in [4.78, 5) is 7.67. The van der Waals surface area contributed by atoms with Crippen molar-refractivity contribution in [2.45, 2.75) is 70.5 Å². The van der Waals surface area contributed by atoms with E-state index < -0.39 is 0 Å². The zero-order chi connectivity index (χ0) is 14.3. The van der Waals surface area contributed by atoms with Crippen LogP contribution in [0.3, 0.4) is 0 Å². The van der Waals surface area contributed by atoms with E-state index >= 15 is 0 Å². The Morgan fingerprint density at radius 2 is 2.25 bits per heavy atom. The largest absolute Gasteiger partial charge is 0.305 e. The summed E-state index contributed by atoms with van der Waals surface area (Å²) >= 11 is 1.85. The van der Waals surface area contributed by atoms with Crippen molar-refractivity contribution in [2.75, 3.05) is 13.1 Å². The summed E-state index contributed by atoms with van der Waals surface area (Å²) in [5.41, 5.74) is 1.34. The molecule has 1 aliphatic carbocycles. The predicted octanol–water partition coefficient (Wildman–Crippen LogP) is 3.33. The second kappa shape index (κ2) is 5.39. The fraction of sp³-hybridized carbons (Fsp3) is 0.812. The average molecular weight is 293 g/mol. The lowest BCUT2D eigenvalue weighted by molar-refractivity contribution is 0.241. The van der Waals surface area contributed by atoms with Crippen LogP contribution in [0.1, 0.15) is 63.6 Å². The average Bonchev–Trinajstić information content (AvgIpc) is 2.99. The SMILES string of the molecule is CCNC1(c2nc(C(C)C)cs2)CC(C)N(C2CC2)C1. The van der Waals surface area contributed by atoms with Crippen molar-refractivity contribution < 1.29 is 0 Å². The summed E-state index contributed by atoms with van der Waals surface area (Å²) in [5, 5.41) is 7.33. The van der Waals surface area contributed by atoms with Gasteiger partial charge in [-0.05, 0) is 38.6 Å². The number of thiazole rings is 1. The molecule has 1 aromatic heterocycles. The van der Waals surface area contributed by atoms with E-state index in [1.807, 2.05) is 11.3 Å². The lowest BCUT2D eigenvalue weighted by Gasteiger charge is -2.28. The Labute approximate surface area is 126 Å². The standard InChI is InChI=1S/C16H27N3S/c1-5-17-16(15-18-14(9-20-15)11(2)3)8-12(4)19(10-16)13-6-7-13/h9,11-13,17H,5-8,10H2,1-4H3. The summed E-state index contributed by atoms with van der Waals surface area (Å²) in [7, 11) is 0. The quantitative estimate of drug-likeness (QED) is 0.902. The number of likely N-dealkylation sites (tertiary alicyclic amines) is 1. The molecule has 2 atom stereocenters. The molecular weight excluding hydrogens is 266 g/mol. The van der Waals surface area contributed by atoms with Crippen molar-refractivity contribution in [3.05, 3.63) is 16.1 Å². The Hall–Kier alpha value is -0.450.